The van der Waals surface area contributed by atoms with Crippen LogP contribution < -0.4 is 0 Å². The Labute approximate surface area is 104 Å². The zero-order valence-corrected chi connectivity index (χ0v) is 10.8. The lowest BCUT2D eigenvalue weighted by Gasteiger charge is -2.14. The van der Waals surface area contributed by atoms with E-state index in [2.05, 4.69) is 9.97 Å². The van der Waals surface area contributed by atoms with Crippen molar-refractivity contribution in [3.63, 3.8) is 0 Å². The second-order valence-corrected chi connectivity index (χ2v) is 5.74. The third kappa shape index (κ3) is 1.81. The number of ether oxygens (including phenoxy) is 1. The summed E-state index contributed by atoms with van der Waals surface area (Å²) in [7, 11) is 1.75. The first-order chi connectivity index (χ1) is 7.79. The van der Waals surface area contributed by atoms with Gasteiger partial charge in [-0.3, -0.25) is 0 Å². The van der Waals surface area contributed by atoms with Crippen LogP contribution in [0.3, 0.4) is 0 Å². The van der Waals surface area contributed by atoms with Crippen LogP contribution in [-0.2, 0) is 16.2 Å². The molecule has 1 aromatic rings. The number of aromatic amines is 1. The molecule has 1 aromatic heterocycles. The Morgan fingerprint density at radius 2 is 2.31 bits per heavy atom. The molecule has 2 heterocycles. The van der Waals surface area contributed by atoms with Crippen LogP contribution in [0, 0.1) is 10.6 Å². The van der Waals surface area contributed by atoms with Crippen LogP contribution in [0.4, 0.5) is 0 Å². The molecule has 0 radical (unpaired) electrons. The van der Waals surface area contributed by atoms with Crippen LogP contribution in [0.5, 0.6) is 0 Å². The summed E-state index contributed by atoms with van der Waals surface area (Å²) in [5, 5.41) is 0. The van der Waals surface area contributed by atoms with Crippen molar-refractivity contribution in [2.75, 3.05) is 7.11 Å². The summed E-state index contributed by atoms with van der Waals surface area (Å²) in [6.07, 6.45) is 2.59. The summed E-state index contributed by atoms with van der Waals surface area (Å²) >= 11 is 7.23. The van der Waals surface area contributed by atoms with Crippen molar-refractivity contribution in [3.05, 3.63) is 21.7 Å². The van der Waals surface area contributed by atoms with Gasteiger partial charge >= 0.3 is 0 Å². The van der Waals surface area contributed by atoms with Gasteiger partial charge in [-0.15, -0.1) is 0 Å². The van der Waals surface area contributed by atoms with Crippen LogP contribution in [0.15, 0.2) is 0 Å². The fourth-order valence-electron chi connectivity index (χ4n) is 2.15. The average molecular weight is 254 g/mol. The normalized spacial score (nSPS) is 20.8. The summed E-state index contributed by atoms with van der Waals surface area (Å²) in [6.45, 7) is 0. The molecule has 0 aromatic carbocycles. The highest BCUT2D eigenvalue weighted by atomic mass is 32.2. The number of H-pyrrole nitrogens is 1. The maximum Gasteiger partial charge on any atom is 0.137 e. The van der Waals surface area contributed by atoms with Gasteiger partial charge in [0.15, 0.2) is 0 Å². The third-order valence-electron chi connectivity index (χ3n) is 3.19. The Morgan fingerprint density at radius 1 is 1.50 bits per heavy atom. The molecule has 86 valence electrons. The highest BCUT2D eigenvalue weighted by molar-refractivity contribution is 7.98. The molecular weight excluding hydrogens is 240 g/mol. The lowest BCUT2D eigenvalue weighted by atomic mass is 10.2. The average Bonchev–Trinajstić information content (AvgIpc) is 2.96. The smallest absolute Gasteiger partial charge is 0.137 e. The number of aromatic nitrogens is 2. The molecule has 1 fully saturated rings. The second kappa shape index (κ2) is 4.13. The van der Waals surface area contributed by atoms with Crippen molar-refractivity contribution < 1.29 is 4.74 Å². The van der Waals surface area contributed by atoms with E-state index in [1.807, 2.05) is 11.8 Å². The van der Waals surface area contributed by atoms with Crippen molar-refractivity contribution in [2.45, 2.75) is 30.5 Å². The van der Waals surface area contributed by atoms with Gasteiger partial charge in [-0.1, -0.05) is 12.2 Å². The van der Waals surface area contributed by atoms with Crippen LogP contribution in [-0.4, -0.2) is 17.1 Å². The molecule has 2 aliphatic rings. The molecule has 5 heteroatoms. The third-order valence-corrected chi connectivity index (χ3v) is 4.51. The molecule has 1 saturated carbocycles. The second-order valence-electron chi connectivity index (χ2n) is 4.37. The largest absolute Gasteiger partial charge is 0.373 e. The number of hydrogen-bond acceptors (Lipinski definition) is 4. The van der Waals surface area contributed by atoms with Gasteiger partial charge in [-0.2, -0.15) is 11.8 Å². The van der Waals surface area contributed by atoms with Crippen molar-refractivity contribution in [3.8, 4) is 0 Å². The minimum Gasteiger partial charge on any atom is -0.373 e. The SMILES string of the molecule is COC(c1nc(=S)c2c([nH]1)CSC2)C1CC1. The first-order valence-corrected chi connectivity index (χ1v) is 7.08. The number of hydrogen-bond donors (Lipinski definition) is 1. The number of nitrogens with one attached hydrogen (secondary N) is 1. The topological polar surface area (TPSA) is 37.9 Å². The number of rotatable bonds is 3. The lowest BCUT2D eigenvalue weighted by molar-refractivity contribution is 0.0769. The molecule has 1 unspecified atom stereocenters. The van der Waals surface area contributed by atoms with Gasteiger partial charge in [-0.05, 0) is 18.8 Å². The molecule has 3 nitrogen and oxygen atoms in total. The van der Waals surface area contributed by atoms with Crippen molar-refractivity contribution >= 4 is 24.0 Å². The molecule has 0 amide bonds. The van der Waals surface area contributed by atoms with E-state index in [9.17, 15) is 0 Å². The lowest BCUT2D eigenvalue weighted by Crippen LogP contribution is -2.11. The summed E-state index contributed by atoms with van der Waals surface area (Å²) in [5.41, 5.74) is 2.47. The molecule has 3 rings (SSSR count). The molecule has 1 atom stereocenters. The highest BCUT2D eigenvalue weighted by Gasteiger charge is 2.34. The van der Waals surface area contributed by atoms with Gasteiger partial charge in [0.25, 0.3) is 0 Å². The molecule has 0 saturated heterocycles. The minimum atomic E-state index is 0.109. The number of fused-ring (bicyclic) bond motifs is 1. The molecule has 1 aliphatic carbocycles. The van der Waals surface area contributed by atoms with E-state index in [0.717, 1.165) is 22.0 Å². The number of nitrogens with zero attached hydrogens (tertiary/aromatic N) is 1. The van der Waals surface area contributed by atoms with E-state index < -0.39 is 0 Å². The molecular formula is C11H14N2OS2. The Balaban J connectivity index is 2.01. The monoisotopic (exact) mass is 254 g/mol. The van der Waals surface area contributed by atoms with E-state index >= 15 is 0 Å². The first-order valence-electron chi connectivity index (χ1n) is 5.52. The summed E-state index contributed by atoms with van der Waals surface area (Å²) in [6, 6.07) is 0. The number of methoxy groups -OCH3 is 1. The van der Waals surface area contributed by atoms with Crippen molar-refractivity contribution in [1.82, 2.24) is 9.97 Å². The predicted molar refractivity (Wildman–Crippen MR) is 66.9 cm³/mol. The highest BCUT2D eigenvalue weighted by Crippen LogP contribution is 2.42. The van der Waals surface area contributed by atoms with E-state index in [4.69, 9.17) is 17.0 Å². The Kier molecular flexibility index (Phi) is 2.77. The van der Waals surface area contributed by atoms with Gasteiger partial charge in [0.1, 0.15) is 16.6 Å². The zero-order valence-electron chi connectivity index (χ0n) is 9.16. The van der Waals surface area contributed by atoms with Crippen LogP contribution in [0.2, 0.25) is 0 Å². The Bertz CT molecular complexity index is 468. The maximum absolute atomic E-state index is 5.53. The van der Waals surface area contributed by atoms with E-state index in [0.29, 0.717) is 5.92 Å². The molecule has 16 heavy (non-hydrogen) atoms. The predicted octanol–water partition coefficient (Wildman–Crippen LogP) is 2.98. The first kappa shape index (κ1) is 10.7. The van der Waals surface area contributed by atoms with Gasteiger partial charge in [0.2, 0.25) is 0 Å². The fourth-order valence-corrected chi connectivity index (χ4v) is 3.60. The summed E-state index contributed by atoms with van der Waals surface area (Å²) in [5.74, 6) is 3.58. The molecule has 1 aliphatic heterocycles. The van der Waals surface area contributed by atoms with E-state index in [1.165, 1.54) is 24.1 Å². The van der Waals surface area contributed by atoms with E-state index in [-0.39, 0.29) is 6.10 Å². The molecule has 0 bridgehead atoms. The van der Waals surface area contributed by atoms with Crippen LogP contribution >= 0.6 is 24.0 Å². The van der Waals surface area contributed by atoms with Gasteiger partial charge in [0, 0.05) is 29.9 Å². The number of thioether (sulfide) groups is 1. The zero-order chi connectivity index (χ0) is 11.1. The van der Waals surface area contributed by atoms with Gasteiger partial charge in [0.05, 0.1) is 0 Å². The van der Waals surface area contributed by atoms with Crippen LogP contribution in [0.1, 0.15) is 36.0 Å². The Morgan fingerprint density at radius 3 is 3.00 bits per heavy atom. The fraction of sp³-hybridized carbons (Fsp3) is 0.636. The van der Waals surface area contributed by atoms with Crippen molar-refractivity contribution in [1.29, 1.82) is 0 Å². The molecule has 0 spiro atoms. The maximum atomic E-state index is 5.53. The van der Waals surface area contributed by atoms with Crippen LogP contribution in [0.25, 0.3) is 0 Å². The molecule has 1 N–H and O–H groups in total. The summed E-state index contributed by atoms with van der Waals surface area (Å²) < 4.78 is 6.29. The Hall–Kier alpha value is -0.390. The quantitative estimate of drug-likeness (QED) is 0.842. The van der Waals surface area contributed by atoms with Gasteiger partial charge < -0.3 is 9.72 Å². The standard InChI is InChI=1S/C11H14N2OS2/c1-14-9(6-2-3-6)10-12-8-5-16-4-7(8)11(15)13-10/h6,9H,2-5H2,1H3,(H,12,13,15). The minimum absolute atomic E-state index is 0.109. The van der Waals surface area contributed by atoms with Gasteiger partial charge in [-0.25, -0.2) is 4.98 Å². The summed E-state index contributed by atoms with van der Waals surface area (Å²) in [4.78, 5) is 7.91. The van der Waals surface area contributed by atoms with E-state index in [1.54, 1.807) is 7.11 Å². The van der Waals surface area contributed by atoms with Crippen molar-refractivity contribution in [2.24, 2.45) is 5.92 Å².